The summed E-state index contributed by atoms with van der Waals surface area (Å²) in [6, 6.07) is 5.78. The highest BCUT2D eigenvalue weighted by atomic mass is 16.4. The number of amides is 3. The molecule has 1 aliphatic rings. The van der Waals surface area contributed by atoms with Gasteiger partial charge in [-0.2, -0.15) is 0 Å². The van der Waals surface area contributed by atoms with Crippen molar-refractivity contribution in [2.75, 3.05) is 13.1 Å². The quantitative estimate of drug-likeness (QED) is 0.277. The number of carbonyl (C=O) groups is 3. The number of aliphatic hydroxyl groups is 1. The lowest BCUT2D eigenvalue weighted by molar-refractivity contribution is 0.0583. The van der Waals surface area contributed by atoms with E-state index >= 15 is 0 Å². The Hall–Kier alpha value is -3.10. The number of azide groups is 1. The topological polar surface area (TPSA) is 156 Å². The summed E-state index contributed by atoms with van der Waals surface area (Å²) in [5.74, 6) is -1.47. The summed E-state index contributed by atoms with van der Waals surface area (Å²) >= 11 is 0. The summed E-state index contributed by atoms with van der Waals surface area (Å²) in [7, 11) is 0. The minimum Gasteiger partial charge on any atom is -0.465 e. The predicted molar refractivity (Wildman–Crippen MR) is 90.6 cm³/mol. The van der Waals surface area contributed by atoms with Crippen LogP contribution in [0.2, 0.25) is 0 Å². The third kappa shape index (κ3) is 4.29. The van der Waals surface area contributed by atoms with E-state index in [4.69, 9.17) is 10.6 Å². The number of hydrogen-bond donors (Lipinski definition) is 3. The maximum absolute atomic E-state index is 12.5. The highest BCUT2D eigenvalue weighted by molar-refractivity contribution is 6.21. The highest BCUT2D eigenvalue weighted by Crippen LogP contribution is 2.25. The number of aliphatic hydroxyl groups excluding tert-OH is 1. The van der Waals surface area contributed by atoms with Crippen LogP contribution in [0.4, 0.5) is 4.79 Å². The molecule has 2 rings (SSSR count). The van der Waals surface area contributed by atoms with Gasteiger partial charge >= 0.3 is 6.09 Å². The summed E-state index contributed by atoms with van der Waals surface area (Å²) in [6.45, 7) is 1.33. The predicted octanol–water partition coefficient (Wildman–Crippen LogP) is 1.62. The van der Waals surface area contributed by atoms with Gasteiger partial charge in [-0.3, -0.25) is 14.5 Å². The molecule has 0 saturated heterocycles. The van der Waals surface area contributed by atoms with E-state index in [-0.39, 0.29) is 19.5 Å². The molecule has 3 atom stereocenters. The average molecular weight is 361 g/mol. The van der Waals surface area contributed by atoms with E-state index in [1.165, 1.54) is 0 Å². The van der Waals surface area contributed by atoms with Crippen LogP contribution in [-0.2, 0) is 0 Å². The summed E-state index contributed by atoms with van der Waals surface area (Å²) in [6.07, 6.45) is -2.23. The lowest BCUT2D eigenvalue weighted by Gasteiger charge is -2.29. The third-order valence-electron chi connectivity index (χ3n) is 4.28. The fraction of sp³-hybridized carbons (Fsp3) is 0.438. The molecule has 10 heteroatoms. The third-order valence-corrected chi connectivity index (χ3v) is 4.28. The number of benzene rings is 1. The molecule has 1 aromatic carbocycles. The molecule has 0 saturated carbocycles. The summed E-state index contributed by atoms with van der Waals surface area (Å²) in [5.41, 5.74) is 8.93. The molecule has 1 aromatic rings. The van der Waals surface area contributed by atoms with E-state index in [1.54, 1.807) is 31.2 Å². The molecule has 0 fully saturated rings. The van der Waals surface area contributed by atoms with E-state index in [2.05, 4.69) is 15.3 Å². The van der Waals surface area contributed by atoms with E-state index in [0.717, 1.165) is 4.90 Å². The van der Waals surface area contributed by atoms with Crippen molar-refractivity contribution in [1.82, 2.24) is 10.2 Å². The largest absolute Gasteiger partial charge is 0.465 e. The van der Waals surface area contributed by atoms with Crippen LogP contribution in [-0.4, -0.2) is 58.3 Å². The van der Waals surface area contributed by atoms with Crippen LogP contribution in [0.25, 0.3) is 10.4 Å². The van der Waals surface area contributed by atoms with Crippen molar-refractivity contribution in [3.63, 3.8) is 0 Å². The molecule has 26 heavy (non-hydrogen) atoms. The van der Waals surface area contributed by atoms with Crippen molar-refractivity contribution in [3.8, 4) is 0 Å². The van der Waals surface area contributed by atoms with Crippen molar-refractivity contribution in [2.24, 2.45) is 11.0 Å². The van der Waals surface area contributed by atoms with Crippen molar-refractivity contribution >= 4 is 17.9 Å². The van der Waals surface area contributed by atoms with E-state index in [1.807, 2.05) is 0 Å². The number of nitrogens with zero attached hydrogens (tertiary/aromatic N) is 4. The molecule has 1 unspecified atom stereocenters. The van der Waals surface area contributed by atoms with Gasteiger partial charge in [0.05, 0.1) is 23.8 Å². The normalized spacial score (nSPS) is 16.5. The van der Waals surface area contributed by atoms with Crippen LogP contribution in [0.5, 0.6) is 0 Å². The van der Waals surface area contributed by atoms with Crippen molar-refractivity contribution < 1.29 is 24.6 Å². The second-order valence-corrected chi connectivity index (χ2v) is 6.07. The Morgan fingerprint density at radius 2 is 1.88 bits per heavy atom. The smallest absolute Gasteiger partial charge is 0.404 e. The van der Waals surface area contributed by atoms with E-state index in [9.17, 15) is 19.5 Å². The summed E-state index contributed by atoms with van der Waals surface area (Å²) in [5, 5.41) is 24.5. The number of imide groups is 1. The zero-order valence-electron chi connectivity index (χ0n) is 14.1. The molecule has 0 aliphatic carbocycles. The Balaban J connectivity index is 2.18. The number of nitrogens with one attached hydrogen (secondary N) is 1. The van der Waals surface area contributed by atoms with Gasteiger partial charge in [-0.15, -0.1) is 0 Å². The standard InChI is InChI=1S/C16H19N5O5/c1-9(19-16(25)26)10(6-11(22)7-18-20-17)8-21-14(23)12-4-2-3-5-13(12)15(21)24/h2-5,9-11,19,22H,6-8H2,1H3,(H,25,26)/t9-,10+,11?/m1/s1. The molecule has 1 heterocycles. The SMILES string of the molecule is C[C@@H](NC(=O)O)[C@@H](CC(O)CN=[N+]=[N-])CN1C(=O)c2ccccc2C1=O. The Bertz CT molecular complexity index is 726. The van der Waals surface area contributed by atoms with Gasteiger partial charge in [0, 0.05) is 17.5 Å². The van der Waals surface area contributed by atoms with Gasteiger partial charge in [-0.05, 0) is 36.9 Å². The number of fused-ring (bicyclic) bond motifs is 1. The van der Waals surface area contributed by atoms with E-state index in [0.29, 0.717) is 11.1 Å². The van der Waals surface area contributed by atoms with Gasteiger partial charge < -0.3 is 15.5 Å². The second kappa shape index (κ2) is 8.32. The monoisotopic (exact) mass is 361 g/mol. The van der Waals surface area contributed by atoms with Crippen molar-refractivity contribution in [1.29, 1.82) is 0 Å². The first-order chi connectivity index (χ1) is 12.3. The molecule has 0 bridgehead atoms. The maximum atomic E-state index is 12.5. The highest BCUT2D eigenvalue weighted by Gasteiger charge is 2.37. The fourth-order valence-electron chi connectivity index (χ4n) is 2.94. The van der Waals surface area contributed by atoms with Gasteiger partial charge in [-0.25, -0.2) is 4.79 Å². The number of carbonyl (C=O) groups excluding carboxylic acids is 2. The van der Waals surface area contributed by atoms with Gasteiger partial charge in [0.25, 0.3) is 11.8 Å². The first-order valence-electron chi connectivity index (χ1n) is 7.98. The Morgan fingerprint density at radius 3 is 2.38 bits per heavy atom. The number of hydrogen-bond acceptors (Lipinski definition) is 5. The van der Waals surface area contributed by atoms with Crippen molar-refractivity contribution in [2.45, 2.75) is 25.5 Å². The van der Waals surface area contributed by atoms with Gasteiger partial charge in [0.15, 0.2) is 0 Å². The molecule has 3 N–H and O–H groups in total. The zero-order valence-corrected chi connectivity index (χ0v) is 14.1. The molecule has 0 spiro atoms. The van der Waals surface area contributed by atoms with Crippen LogP contribution < -0.4 is 5.32 Å². The minimum absolute atomic E-state index is 0.0495. The van der Waals surface area contributed by atoms with Gasteiger partial charge in [0.2, 0.25) is 0 Å². The summed E-state index contributed by atoms with van der Waals surface area (Å²) in [4.78, 5) is 39.5. The first kappa shape index (κ1) is 19.2. The molecule has 1 aliphatic heterocycles. The zero-order chi connectivity index (χ0) is 19.3. The van der Waals surface area contributed by atoms with Crippen LogP contribution in [0, 0.1) is 5.92 Å². The fourth-order valence-corrected chi connectivity index (χ4v) is 2.94. The molecular formula is C16H19N5O5. The number of carboxylic acid groups (broad SMARTS) is 1. The Labute approximate surface area is 149 Å². The lowest BCUT2D eigenvalue weighted by atomic mass is 9.93. The Kier molecular flexibility index (Phi) is 6.16. The molecule has 0 radical (unpaired) electrons. The molecule has 0 aromatic heterocycles. The summed E-state index contributed by atoms with van der Waals surface area (Å²) < 4.78 is 0. The van der Waals surface area contributed by atoms with Crippen molar-refractivity contribution in [3.05, 3.63) is 45.8 Å². The second-order valence-electron chi connectivity index (χ2n) is 6.07. The van der Waals surface area contributed by atoms with Crippen LogP contribution in [0.1, 0.15) is 34.1 Å². The molecule has 10 nitrogen and oxygen atoms in total. The Morgan fingerprint density at radius 1 is 1.31 bits per heavy atom. The molecule has 138 valence electrons. The minimum atomic E-state index is -1.26. The average Bonchev–Trinajstić information content (AvgIpc) is 2.84. The number of rotatable bonds is 8. The van der Waals surface area contributed by atoms with E-state index < -0.39 is 36.0 Å². The maximum Gasteiger partial charge on any atom is 0.404 e. The van der Waals surface area contributed by atoms with Crippen LogP contribution in [0.3, 0.4) is 0 Å². The van der Waals surface area contributed by atoms with Crippen LogP contribution >= 0.6 is 0 Å². The van der Waals surface area contributed by atoms with Gasteiger partial charge in [0.1, 0.15) is 0 Å². The first-order valence-corrected chi connectivity index (χ1v) is 7.98. The molecular weight excluding hydrogens is 342 g/mol. The van der Waals surface area contributed by atoms with Gasteiger partial charge in [-0.1, -0.05) is 17.2 Å². The lowest BCUT2D eigenvalue weighted by Crippen LogP contribution is -2.45. The van der Waals surface area contributed by atoms with Crippen LogP contribution in [0.15, 0.2) is 29.4 Å². The molecule has 3 amide bonds.